The highest BCUT2D eigenvalue weighted by atomic mass is 19.1. The topological polar surface area (TPSA) is 121 Å². The van der Waals surface area contributed by atoms with Crippen LogP contribution in [0.25, 0.3) is 0 Å². The highest BCUT2D eigenvalue weighted by molar-refractivity contribution is 5.99. The molecular formula is C23H35FN6O5. The Morgan fingerprint density at radius 1 is 1.06 bits per heavy atom. The zero-order chi connectivity index (χ0) is 26.7. The lowest BCUT2D eigenvalue weighted by Gasteiger charge is -2.42. The van der Waals surface area contributed by atoms with Crippen LogP contribution in [0.3, 0.4) is 0 Å². The van der Waals surface area contributed by atoms with E-state index in [1.165, 1.54) is 21.9 Å². The summed E-state index contributed by atoms with van der Waals surface area (Å²) >= 11 is 0. The molecular weight excluding hydrogens is 459 g/mol. The molecule has 2 N–H and O–H groups in total. The molecule has 1 aromatic rings. The minimum atomic E-state index is -0.938. The Morgan fingerprint density at radius 3 is 2.09 bits per heavy atom. The molecule has 11 nitrogen and oxygen atoms in total. The number of nitrogens with zero attached hydrogens (tertiary/aromatic N) is 5. The van der Waals surface area contributed by atoms with Gasteiger partial charge in [0.15, 0.2) is 0 Å². The SMILES string of the molecule is CN1CN(C(=NC(=O)OC(C)(C)C)N(Cc2ccc(N)c(F)c2)C(=O)OC(C)(C)C)CN(C)C1=O. The van der Waals surface area contributed by atoms with Crippen molar-refractivity contribution in [1.82, 2.24) is 19.6 Å². The maximum absolute atomic E-state index is 14.2. The van der Waals surface area contributed by atoms with Gasteiger partial charge in [-0.05, 0) is 59.2 Å². The first-order valence-electron chi connectivity index (χ1n) is 11.0. The van der Waals surface area contributed by atoms with Crippen LogP contribution < -0.4 is 5.73 Å². The zero-order valence-electron chi connectivity index (χ0n) is 21.6. The van der Waals surface area contributed by atoms with E-state index in [2.05, 4.69) is 4.99 Å². The van der Waals surface area contributed by atoms with Crippen LogP contribution in [0.5, 0.6) is 0 Å². The summed E-state index contributed by atoms with van der Waals surface area (Å²) in [5.74, 6) is -0.766. The minimum Gasteiger partial charge on any atom is -0.443 e. The second kappa shape index (κ2) is 10.4. The van der Waals surface area contributed by atoms with Crippen molar-refractivity contribution in [2.45, 2.75) is 59.3 Å². The van der Waals surface area contributed by atoms with Gasteiger partial charge in [0.05, 0.1) is 25.6 Å². The number of carbonyl (C=O) groups excluding carboxylic acids is 3. The van der Waals surface area contributed by atoms with Crippen LogP contribution >= 0.6 is 0 Å². The number of halogens is 1. The summed E-state index contributed by atoms with van der Waals surface area (Å²) in [7, 11) is 3.15. The molecule has 35 heavy (non-hydrogen) atoms. The van der Waals surface area contributed by atoms with Crippen LogP contribution in [0, 0.1) is 5.82 Å². The molecule has 2 rings (SSSR count). The number of urea groups is 1. The standard InChI is InChI=1S/C23H35FN6O5/c1-22(2,3)34-19(31)26-18(29-13-27(7)20(32)28(8)14-29)30(21(33)35-23(4,5)6)12-15-9-10-17(25)16(24)11-15/h9-11H,12-14,25H2,1-8H3. The molecule has 1 heterocycles. The second-order valence-corrected chi connectivity index (χ2v) is 10.3. The number of nitrogens with two attached hydrogens (primary N) is 1. The lowest BCUT2D eigenvalue weighted by atomic mass is 10.2. The number of ether oxygens (including phenoxy) is 2. The second-order valence-electron chi connectivity index (χ2n) is 10.3. The van der Waals surface area contributed by atoms with E-state index in [4.69, 9.17) is 15.2 Å². The van der Waals surface area contributed by atoms with Crippen molar-refractivity contribution in [3.05, 3.63) is 29.6 Å². The fourth-order valence-electron chi connectivity index (χ4n) is 3.15. The van der Waals surface area contributed by atoms with Gasteiger partial charge in [-0.25, -0.2) is 23.7 Å². The molecule has 1 aromatic carbocycles. The van der Waals surface area contributed by atoms with Crippen molar-refractivity contribution in [1.29, 1.82) is 0 Å². The van der Waals surface area contributed by atoms with E-state index in [-0.39, 0.29) is 37.6 Å². The number of nitrogen functional groups attached to an aromatic ring is 1. The van der Waals surface area contributed by atoms with E-state index in [1.807, 2.05) is 0 Å². The van der Waals surface area contributed by atoms with Gasteiger partial charge in [0.2, 0.25) is 5.96 Å². The highest BCUT2D eigenvalue weighted by Gasteiger charge is 2.35. The quantitative estimate of drug-likeness (QED) is 0.378. The Hall–Kier alpha value is -3.57. The minimum absolute atomic E-state index is 0.0280. The van der Waals surface area contributed by atoms with Gasteiger partial charge in [-0.1, -0.05) is 6.07 Å². The van der Waals surface area contributed by atoms with Crippen molar-refractivity contribution in [3.8, 4) is 0 Å². The Morgan fingerprint density at radius 2 is 1.60 bits per heavy atom. The van der Waals surface area contributed by atoms with Gasteiger partial charge in [0.1, 0.15) is 17.0 Å². The number of guanidine groups is 1. The monoisotopic (exact) mass is 494 g/mol. The smallest absolute Gasteiger partial charge is 0.437 e. The lowest BCUT2D eigenvalue weighted by Crippen LogP contribution is -2.60. The van der Waals surface area contributed by atoms with Gasteiger partial charge in [-0.15, -0.1) is 4.99 Å². The van der Waals surface area contributed by atoms with Crippen LogP contribution in [0.15, 0.2) is 23.2 Å². The molecule has 1 aliphatic heterocycles. The van der Waals surface area contributed by atoms with Gasteiger partial charge >= 0.3 is 18.2 Å². The normalized spacial score (nSPS) is 15.3. The molecule has 0 aliphatic carbocycles. The molecule has 4 amide bonds. The van der Waals surface area contributed by atoms with Crippen LogP contribution in [-0.2, 0) is 16.0 Å². The van der Waals surface area contributed by atoms with Gasteiger partial charge in [-0.3, -0.25) is 0 Å². The number of amides is 4. The van der Waals surface area contributed by atoms with E-state index < -0.39 is 29.2 Å². The first-order chi connectivity index (χ1) is 16.0. The van der Waals surface area contributed by atoms with Gasteiger partial charge in [0, 0.05) is 14.1 Å². The number of hydrogen-bond donors (Lipinski definition) is 1. The lowest BCUT2D eigenvalue weighted by molar-refractivity contribution is 0.0300. The van der Waals surface area contributed by atoms with Crippen molar-refractivity contribution < 1.29 is 28.2 Å². The summed E-state index contributed by atoms with van der Waals surface area (Å²) in [6.45, 7) is 10.00. The molecule has 0 aromatic heterocycles. The Balaban J connectivity index is 2.59. The average molecular weight is 495 g/mol. The van der Waals surface area contributed by atoms with E-state index in [0.29, 0.717) is 5.56 Å². The van der Waals surface area contributed by atoms with Crippen LogP contribution in [0.1, 0.15) is 47.1 Å². The third-order valence-electron chi connectivity index (χ3n) is 4.55. The number of benzene rings is 1. The zero-order valence-corrected chi connectivity index (χ0v) is 21.6. The summed E-state index contributed by atoms with van der Waals surface area (Å²) in [6.07, 6.45) is -1.76. The molecule has 0 radical (unpaired) electrons. The van der Waals surface area contributed by atoms with E-state index in [9.17, 15) is 18.8 Å². The molecule has 0 bridgehead atoms. The molecule has 0 atom stereocenters. The highest BCUT2D eigenvalue weighted by Crippen LogP contribution is 2.20. The molecule has 1 aliphatic rings. The summed E-state index contributed by atoms with van der Waals surface area (Å²) in [5.41, 5.74) is 4.22. The Bertz CT molecular complexity index is 987. The molecule has 1 saturated heterocycles. The average Bonchev–Trinajstić information content (AvgIpc) is 2.68. The maximum atomic E-state index is 14.2. The fraction of sp³-hybridized carbons (Fsp3) is 0.565. The van der Waals surface area contributed by atoms with E-state index in [0.717, 1.165) is 4.90 Å². The predicted octanol–water partition coefficient (Wildman–Crippen LogP) is 3.65. The molecule has 0 saturated carbocycles. The van der Waals surface area contributed by atoms with E-state index >= 15 is 0 Å². The predicted molar refractivity (Wildman–Crippen MR) is 129 cm³/mol. The summed E-state index contributed by atoms with van der Waals surface area (Å²) < 4.78 is 25.1. The number of hydrogen-bond acceptors (Lipinski definition) is 6. The molecule has 12 heteroatoms. The fourth-order valence-corrected chi connectivity index (χ4v) is 3.15. The third kappa shape index (κ3) is 8.01. The number of aliphatic imine (C=N–C) groups is 1. The van der Waals surface area contributed by atoms with Gasteiger partial charge in [0.25, 0.3) is 0 Å². The van der Waals surface area contributed by atoms with Crippen molar-refractivity contribution in [3.63, 3.8) is 0 Å². The van der Waals surface area contributed by atoms with Crippen LogP contribution in [-0.4, -0.2) is 82.4 Å². The first-order valence-corrected chi connectivity index (χ1v) is 11.0. The summed E-state index contributed by atoms with van der Waals surface area (Å²) in [4.78, 5) is 47.9. The van der Waals surface area contributed by atoms with Crippen LogP contribution in [0.2, 0.25) is 0 Å². The number of rotatable bonds is 2. The largest absolute Gasteiger partial charge is 0.443 e. The first kappa shape index (κ1) is 27.7. The van der Waals surface area contributed by atoms with Crippen LogP contribution in [0.4, 0.5) is 24.5 Å². The number of carbonyl (C=O) groups is 3. The van der Waals surface area contributed by atoms with Gasteiger partial charge in [-0.2, -0.15) is 0 Å². The molecule has 0 unspecified atom stereocenters. The maximum Gasteiger partial charge on any atom is 0.437 e. The van der Waals surface area contributed by atoms with Crippen molar-refractivity contribution in [2.75, 3.05) is 33.2 Å². The summed E-state index contributed by atoms with van der Waals surface area (Å²) in [5, 5.41) is 0. The van der Waals surface area contributed by atoms with Crippen molar-refractivity contribution >= 4 is 29.9 Å². The van der Waals surface area contributed by atoms with Crippen molar-refractivity contribution in [2.24, 2.45) is 4.99 Å². The summed E-state index contributed by atoms with van der Waals surface area (Å²) in [6, 6.07) is 3.88. The number of anilines is 1. The Labute approximate surface area is 205 Å². The van der Waals surface area contributed by atoms with E-state index in [1.54, 1.807) is 66.6 Å². The molecule has 0 spiro atoms. The molecule has 194 valence electrons. The molecule has 1 fully saturated rings. The third-order valence-corrected chi connectivity index (χ3v) is 4.55. The Kier molecular flexibility index (Phi) is 8.19. The van der Waals surface area contributed by atoms with Gasteiger partial charge < -0.3 is 29.9 Å².